The summed E-state index contributed by atoms with van der Waals surface area (Å²) in [7, 11) is 0. The third-order valence-electron chi connectivity index (χ3n) is 4.14. The molecule has 3 nitrogen and oxygen atoms in total. The van der Waals surface area contributed by atoms with Gasteiger partial charge in [0, 0.05) is 0 Å². The van der Waals surface area contributed by atoms with Crippen molar-refractivity contribution in [3.63, 3.8) is 0 Å². The SMILES string of the molecule is OC1=CCC(OC2CCC3CCCC3O2)C=C1F. The van der Waals surface area contributed by atoms with Crippen LogP contribution in [0, 0.1) is 5.92 Å². The Balaban J connectivity index is 1.55. The molecular formula is C14H19FO3. The third-order valence-corrected chi connectivity index (χ3v) is 4.14. The molecule has 0 radical (unpaired) electrons. The van der Waals surface area contributed by atoms with Gasteiger partial charge in [-0.15, -0.1) is 0 Å². The number of aliphatic hydroxyl groups is 1. The van der Waals surface area contributed by atoms with Gasteiger partial charge in [0.25, 0.3) is 0 Å². The van der Waals surface area contributed by atoms with E-state index in [9.17, 15) is 4.39 Å². The summed E-state index contributed by atoms with van der Waals surface area (Å²) in [4.78, 5) is 0. The van der Waals surface area contributed by atoms with Crippen LogP contribution >= 0.6 is 0 Å². The molecule has 2 aliphatic carbocycles. The first-order valence-electron chi connectivity index (χ1n) is 6.80. The van der Waals surface area contributed by atoms with Gasteiger partial charge in [0.1, 0.15) is 5.76 Å². The average molecular weight is 254 g/mol. The summed E-state index contributed by atoms with van der Waals surface area (Å²) in [6.07, 6.45) is 8.79. The lowest BCUT2D eigenvalue weighted by Gasteiger charge is -2.34. The van der Waals surface area contributed by atoms with E-state index in [2.05, 4.69) is 0 Å². The molecule has 0 aromatic rings. The Morgan fingerprint density at radius 1 is 1.28 bits per heavy atom. The maximum Gasteiger partial charge on any atom is 0.163 e. The Hall–Kier alpha value is -0.870. The van der Waals surface area contributed by atoms with Gasteiger partial charge in [-0.25, -0.2) is 4.39 Å². The van der Waals surface area contributed by atoms with Gasteiger partial charge in [0.05, 0.1) is 12.2 Å². The number of ether oxygens (including phenoxy) is 2. The van der Waals surface area contributed by atoms with Crippen molar-refractivity contribution in [1.82, 2.24) is 0 Å². The predicted octanol–water partition coefficient (Wildman–Crippen LogP) is 3.38. The molecule has 0 spiro atoms. The van der Waals surface area contributed by atoms with Gasteiger partial charge in [0.15, 0.2) is 12.1 Å². The van der Waals surface area contributed by atoms with Crippen LogP contribution in [0.3, 0.4) is 0 Å². The van der Waals surface area contributed by atoms with Crippen molar-refractivity contribution >= 4 is 0 Å². The highest BCUT2D eigenvalue weighted by Gasteiger charge is 2.35. The van der Waals surface area contributed by atoms with Crippen LogP contribution in [-0.2, 0) is 9.47 Å². The number of hydrogen-bond donors (Lipinski definition) is 1. The molecular weight excluding hydrogens is 235 g/mol. The van der Waals surface area contributed by atoms with Gasteiger partial charge < -0.3 is 14.6 Å². The molecule has 1 saturated carbocycles. The van der Waals surface area contributed by atoms with Crippen molar-refractivity contribution in [3.8, 4) is 0 Å². The minimum Gasteiger partial charge on any atom is -0.505 e. The maximum absolute atomic E-state index is 13.2. The molecule has 18 heavy (non-hydrogen) atoms. The maximum atomic E-state index is 13.2. The van der Waals surface area contributed by atoms with Crippen LogP contribution < -0.4 is 0 Å². The smallest absolute Gasteiger partial charge is 0.163 e. The largest absolute Gasteiger partial charge is 0.505 e. The van der Waals surface area contributed by atoms with Gasteiger partial charge in [-0.05, 0) is 50.2 Å². The van der Waals surface area contributed by atoms with Crippen LogP contribution in [0.15, 0.2) is 23.7 Å². The van der Waals surface area contributed by atoms with Crippen molar-refractivity contribution < 1.29 is 19.0 Å². The van der Waals surface area contributed by atoms with E-state index >= 15 is 0 Å². The molecule has 1 aliphatic heterocycles. The Morgan fingerprint density at radius 3 is 3.00 bits per heavy atom. The number of halogens is 1. The van der Waals surface area contributed by atoms with Crippen molar-refractivity contribution in [3.05, 3.63) is 23.7 Å². The summed E-state index contributed by atoms with van der Waals surface area (Å²) in [5.41, 5.74) is 0. The number of allylic oxidation sites excluding steroid dienone is 1. The topological polar surface area (TPSA) is 38.7 Å². The monoisotopic (exact) mass is 254 g/mol. The van der Waals surface area contributed by atoms with Crippen LogP contribution in [0.2, 0.25) is 0 Å². The standard InChI is InChI=1S/C14H19FO3/c15-11-8-10(5-6-12(11)16)17-14-7-4-9-2-1-3-13(9)18-14/h6,8-10,13-14,16H,1-5,7H2. The highest BCUT2D eigenvalue weighted by Crippen LogP contribution is 2.38. The van der Waals surface area contributed by atoms with Crippen LogP contribution in [0.1, 0.15) is 38.5 Å². The van der Waals surface area contributed by atoms with E-state index in [0.29, 0.717) is 18.4 Å². The molecule has 1 heterocycles. The lowest BCUT2D eigenvalue weighted by molar-refractivity contribution is -0.215. The van der Waals surface area contributed by atoms with Gasteiger partial charge in [0.2, 0.25) is 0 Å². The predicted molar refractivity (Wildman–Crippen MR) is 64.6 cm³/mol. The Kier molecular flexibility index (Phi) is 3.39. The third kappa shape index (κ3) is 2.45. The van der Waals surface area contributed by atoms with E-state index < -0.39 is 5.83 Å². The Bertz CT molecular complexity index is 377. The summed E-state index contributed by atoms with van der Waals surface area (Å²) < 4.78 is 24.9. The van der Waals surface area contributed by atoms with Gasteiger partial charge in [-0.1, -0.05) is 6.42 Å². The number of rotatable bonds is 2. The van der Waals surface area contributed by atoms with Crippen molar-refractivity contribution in [1.29, 1.82) is 0 Å². The van der Waals surface area contributed by atoms with Crippen LogP contribution in [0.4, 0.5) is 4.39 Å². The highest BCUT2D eigenvalue weighted by molar-refractivity contribution is 5.24. The second-order valence-electron chi connectivity index (χ2n) is 5.39. The zero-order chi connectivity index (χ0) is 12.5. The second kappa shape index (κ2) is 5.02. The minimum absolute atomic E-state index is 0.216. The first-order chi connectivity index (χ1) is 8.72. The second-order valence-corrected chi connectivity index (χ2v) is 5.39. The lowest BCUT2D eigenvalue weighted by atomic mass is 9.96. The highest BCUT2D eigenvalue weighted by atomic mass is 19.1. The lowest BCUT2D eigenvalue weighted by Crippen LogP contribution is -2.35. The van der Waals surface area contributed by atoms with Crippen molar-refractivity contribution in [2.75, 3.05) is 0 Å². The number of aliphatic hydroxyl groups excluding tert-OH is 1. The molecule has 3 rings (SSSR count). The fourth-order valence-electron chi connectivity index (χ4n) is 3.16. The molecule has 4 atom stereocenters. The number of hydrogen-bond acceptors (Lipinski definition) is 3. The van der Waals surface area contributed by atoms with Gasteiger partial charge >= 0.3 is 0 Å². The van der Waals surface area contributed by atoms with Crippen molar-refractivity contribution in [2.45, 2.75) is 57.0 Å². The summed E-state index contributed by atoms with van der Waals surface area (Å²) >= 11 is 0. The minimum atomic E-state index is -0.596. The molecule has 4 heteroatoms. The van der Waals surface area contributed by atoms with E-state index in [1.165, 1.54) is 25.0 Å². The normalized spacial score (nSPS) is 40.1. The van der Waals surface area contributed by atoms with Gasteiger partial charge in [-0.3, -0.25) is 0 Å². The van der Waals surface area contributed by atoms with E-state index in [4.69, 9.17) is 14.6 Å². The molecule has 1 N–H and O–H groups in total. The van der Waals surface area contributed by atoms with Crippen LogP contribution in [-0.4, -0.2) is 23.6 Å². The van der Waals surface area contributed by atoms with E-state index in [0.717, 1.165) is 19.3 Å². The first-order valence-corrected chi connectivity index (χ1v) is 6.80. The molecule has 2 fully saturated rings. The fraction of sp³-hybridized carbons (Fsp3) is 0.714. The zero-order valence-electron chi connectivity index (χ0n) is 10.3. The quantitative estimate of drug-likeness (QED) is 0.821. The molecule has 4 unspecified atom stereocenters. The zero-order valence-corrected chi connectivity index (χ0v) is 10.3. The Morgan fingerprint density at radius 2 is 2.17 bits per heavy atom. The van der Waals surface area contributed by atoms with Crippen LogP contribution in [0.25, 0.3) is 0 Å². The summed E-state index contributed by atoms with van der Waals surface area (Å²) in [5.74, 6) is -0.177. The van der Waals surface area contributed by atoms with Crippen LogP contribution in [0.5, 0.6) is 0 Å². The van der Waals surface area contributed by atoms with E-state index in [1.54, 1.807) is 0 Å². The fourth-order valence-corrected chi connectivity index (χ4v) is 3.16. The summed E-state index contributed by atoms with van der Waals surface area (Å²) in [5, 5.41) is 9.16. The molecule has 0 aromatic carbocycles. The van der Waals surface area contributed by atoms with Crippen molar-refractivity contribution in [2.24, 2.45) is 5.92 Å². The molecule has 100 valence electrons. The first kappa shape index (κ1) is 12.2. The molecule has 3 aliphatic rings. The molecule has 0 aromatic heterocycles. The average Bonchev–Trinajstić information content (AvgIpc) is 2.81. The summed E-state index contributed by atoms with van der Waals surface area (Å²) in [6.45, 7) is 0. The molecule has 1 saturated heterocycles. The molecule has 0 amide bonds. The summed E-state index contributed by atoms with van der Waals surface area (Å²) in [6, 6.07) is 0. The van der Waals surface area contributed by atoms with E-state index in [1.807, 2.05) is 0 Å². The molecule has 0 bridgehead atoms. The van der Waals surface area contributed by atoms with E-state index in [-0.39, 0.29) is 18.2 Å². The number of fused-ring (bicyclic) bond motifs is 1. The van der Waals surface area contributed by atoms with Gasteiger partial charge in [-0.2, -0.15) is 0 Å². The Labute approximate surface area is 106 Å².